The van der Waals surface area contributed by atoms with Crippen molar-refractivity contribution in [3.8, 4) is 0 Å². The smallest absolute Gasteiger partial charge is 0.349 e. The van der Waals surface area contributed by atoms with Crippen molar-refractivity contribution in [1.82, 2.24) is 9.62 Å². The largest absolute Gasteiger partial charge is 0.465 e. The number of sulfonamides is 1. The normalized spacial score (nSPS) is 21.3. The third-order valence-corrected chi connectivity index (χ3v) is 6.11. The number of rotatable bonds is 3. The molecule has 1 fully saturated rings. The van der Waals surface area contributed by atoms with Crippen molar-refractivity contribution in [3.63, 3.8) is 0 Å². The number of esters is 1. The van der Waals surface area contributed by atoms with Gasteiger partial charge in [-0.05, 0) is 18.4 Å². The first kappa shape index (κ1) is 14.4. The molecule has 1 saturated heterocycles. The maximum absolute atomic E-state index is 12.6. The second-order valence-electron chi connectivity index (χ2n) is 4.27. The van der Waals surface area contributed by atoms with E-state index in [1.807, 2.05) is 6.92 Å². The lowest BCUT2D eigenvalue weighted by molar-refractivity contribution is 0.0602. The number of ether oxygens (including phenoxy) is 1. The lowest BCUT2D eigenvalue weighted by atomic mass is 10.3. The number of nitrogens with one attached hydrogen (secondary N) is 1. The van der Waals surface area contributed by atoms with Crippen molar-refractivity contribution in [2.24, 2.45) is 0 Å². The van der Waals surface area contributed by atoms with E-state index in [0.717, 1.165) is 11.3 Å². The fraction of sp³-hybridized carbons (Fsp3) is 0.545. The van der Waals surface area contributed by atoms with Crippen LogP contribution in [-0.4, -0.2) is 51.5 Å². The molecule has 0 aromatic carbocycles. The Kier molecular flexibility index (Phi) is 4.24. The first-order chi connectivity index (χ1) is 8.98. The van der Waals surface area contributed by atoms with E-state index in [-0.39, 0.29) is 15.8 Å². The summed E-state index contributed by atoms with van der Waals surface area (Å²) in [5.41, 5.74) is 0. The number of methoxy groups -OCH3 is 1. The Morgan fingerprint density at radius 1 is 1.58 bits per heavy atom. The van der Waals surface area contributed by atoms with Crippen LogP contribution in [0.5, 0.6) is 0 Å². The zero-order valence-corrected chi connectivity index (χ0v) is 12.4. The summed E-state index contributed by atoms with van der Waals surface area (Å²) in [5.74, 6) is -0.614. The summed E-state index contributed by atoms with van der Waals surface area (Å²) in [5, 5.41) is 4.72. The fourth-order valence-corrected chi connectivity index (χ4v) is 4.99. The Labute approximate surface area is 116 Å². The molecule has 0 saturated carbocycles. The molecule has 8 heteroatoms. The Morgan fingerprint density at radius 2 is 2.32 bits per heavy atom. The van der Waals surface area contributed by atoms with Gasteiger partial charge < -0.3 is 10.1 Å². The number of nitrogens with zero attached hydrogens (tertiary/aromatic N) is 1. The molecule has 1 aliphatic rings. The maximum atomic E-state index is 12.6. The molecule has 0 radical (unpaired) electrons. The van der Waals surface area contributed by atoms with Gasteiger partial charge in [0, 0.05) is 25.7 Å². The topological polar surface area (TPSA) is 75.7 Å². The van der Waals surface area contributed by atoms with Crippen LogP contribution in [0.15, 0.2) is 16.3 Å². The summed E-state index contributed by atoms with van der Waals surface area (Å²) in [4.78, 5) is 11.8. The number of hydrogen-bond donors (Lipinski definition) is 1. The Balaban J connectivity index is 2.39. The van der Waals surface area contributed by atoms with Gasteiger partial charge in [0.15, 0.2) is 0 Å². The molecule has 0 aliphatic carbocycles. The summed E-state index contributed by atoms with van der Waals surface area (Å²) in [6, 6.07) is 1.32. The SMILES string of the molecule is COC(=O)c1sccc1S(=O)(=O)N1CCNC[C@H]1C. The lowest BCUT2D eigenvalue weighted by Gasteiger charge is -2.32. The predicted octanol–water partition coefficient (Wildman–Crippen LogP) is 0.517. The molecule has 2 heterocycles. The van der Waals surface area contributed by atoms with E-state index in [4.69, 9.17) is 0 Å². The predicted molar refractivity (Wildman–Crippen MR) is 71.9 cm³/mol. The molecule has 106 valence electrons. The van der Waals surface area contributed by atoms with Crippen LogP contribution in [-0.2, 0) is 14.8 Å². The van der Waals surface area contributed by atoms with Gasteiger partial charge in [0.2, 0.25) is 10.0 Å². The van der Waals surface area contributed by atoms with E-state index in [0.29, 0.717) is 19.6 Å². The Morgan fingerprint density at radius 3 is 2.95 bits per heavy atom. The highest BCUT2D eigenvalue weighted by Gasteiger charge is 2.34. The van der Waals surface area contributed by atoms with Crippen LogP contribution in [0.4, 0.5) is 0 Å². The minimum atomic E-state index is -3.65. The van der Waals surface area contributed by atoms with Crippen molar-refractivity contribution >= 4 is 27.3 Å². The summed E-state index contributed by atoms with van der Waals surface area (Å²) in [7, 11) is -2.41. The van der Waals surface area contributed by atoms with Gasteiger partial charge in [-0.3, -0.25) is 0 Å². The zero-order valence-electron chi connectivity index (χ0n) is 10.8. The van der Waals surface area contributed by atoms with E-state index in [2.05, 4.69) is 10.1 Å². The molecule has 1 atom stereocenters. The molecule has 6 nitrogen and oxygen atoms in total. The minimum absolute atomic E-state index is 0.0399. The average molecular weight is 304 g/mol. The minimum Gasteiger partial charge on any atom is -0.465 e. The van der Waals surface area contributed by atoms with Crippen LogP contribution in [0.25, 0.3) is 0 Å². The van der Waals surface area contributed by atoms with Gasteiger partial charge in [0.25, 0.3) is 0 Å². The summed E-state index contributed by atoms with van der Waals surface area (Å²) in [6.07, 6.45) is 0. The summed E-state index contributed by atoms with van der Waals surface area (Å²) < 4.78 is 31.2. The molecule has 0 spiro atoms. The first-order valence-electron chi connectivity index (χ1n) is 5.87. The van der Waals surface area contributed by atoms with Gasteiger partial charge in [-0.15, -0.1) is 11.3 Å². The van der Waals surface area contributed by atoms with Crippen LogP contribution in [0.3, 0.4) is 0 Å². The van der Waals surface area contributed by atoms with E-state index in [9.17, 15) is 13.2 Å². The molecular weight excluding hydrogens is 288 g/mol. The lowest BCUT2D eigenvalue weighted by Crippen LogP contribution is -2.52. The van der Waals surface area contributed by atoms with Gasteiger partial charge in [-0.1, -0.05) is 0 Å². The van der Waals surface area contributed by atoms with Crippen molar-refractivity contribution in [1.29, 1.82) is 0 Å². The number of piperazine rings is 1. The molecule has 1 aromatic heterocycles. The van der Waals surface area contributed by atoms with Crippen LogP contribution in [0.2, 0.25) is 0 Å². The molecule has 0 bridgehead atoms. The fourth-order valence-electron chi connectivity index (χ4n) is 2.05. The number of carbonyl (C=O) groups is 1. The highest BCUT2D eigenvalue weighted by molar-refractivity contribution is 7.89. The van der Waals surface area contributed by atoms with Gasteiger partial charge >= 0.3 is 5.97 Å². The van der Waals surface area contributed by atoms with Crippen molar-refractivity contribution in [3.05, 3.63) is 16.3 Å². The van der Waals surface area contributed by atoms with E-state index in [1.54, 1.807) is 5.38 Å². The highest BCUT2D eigenvalue weighted by Crippen LogP contribution is 2.27. The quantitative estimate of drug-likeness (QED) is 0.824. The molecule has 0 amide bonds. The molecule has 1 aromatic rings. The van der Waals surface area contributed by atoms with Crippen LogP contribution in [0, 0.1) is 0 Å². The van der Waals surface area contributed by atoms with Gasteiger partial charge in [-0.2, -0.15) is 4.31 Å². The van der Waals surface area contributed by atoms with E-state index >= 15 is 0 Å². The standard InChI is InChI=1S/C11H16N2O4S2/c1-8-7-12-4-5-13(8)19(15,16)9-3-6-18-10(9)11(14)17-2/h3,6,8,12H,4-5,7H2,1-2H3/t8-/m1/s1. The van der Waals surface area contributed by atoms with Crippen LogP contribution >= 0.6 is 11.3 Å². The molecule has 1 aliphatic heterocycles. The molecule has 1 N–H and O–H groups in total. The second kappa shape index (κ2) is 5.58. The number of hydrogen-bond acceptors (Lipinski definition) is 6. The van der Waals surface area contributed by atoms with Crippen LogP contribution < -0.4 is 5.32 Å². The van der Waals surface area contributed by atoms with Gasteiger partial charge in [0.1, 0.15) is 9.77 Å². The van der Waals surface area contributed by atoms with Gasteiger partial charge in [-0.25, -0.2) is 13.2 Å². The summed E-state index contributed by atoms with van der Waals surface area (Å²) >= 11 is 1.08. The van der Waals surface area contributed by atoms with Gasteiger partial charge in [0.05, 0.1) is 7.11 Å². The van der Waals surface area contributed by atoms with Crippen LogP contribution in [0.1, 0.15) is 16.6 Å². The Hall–Kier alpha value is -0.960. The van der Waals surface area contributed by atoms with Crippen molar-refractivity contribution < 1.29 is 17.9 Å². The third-order valence-electron chi connectivity index (χ3n) is 3.03. The zero-order chi connectivity index (χ0) is 14.0. The molecule has 19 heavy (non-hydrogen) atoms. The van der Waals surface area contributed by atoms with Crippen molar-refractivity contribution in [2.45, 2.75) is 17.9 Å². The molecule has 0 unspecified atom stereocenters. The summed E-state index contributed by atoms with van der Waals surface area (Å²) in [6.45, 7) is 3.46. The average Bonchev–Trinajstić information content (AvgIpc) is 2.88. The highest BCUT2D eigenvalue weighted by atomic mass is 32.2. The monoisotopic (exact) mass is 304 g/mol. The number of carbonyl (C=O) groups excluding carboxylic acids is 1. The molecular formula is C11H16N2O4S2. The first-order valence-corrected chi connectivity index (χ1v) is 8.19. The van der Waals surface area contributed by atoms with E-state index < -0.39 is 16.0 Å². The Bertz CT molecular complexity index is 567. The third kappa shape index (κ3) is 2.66. The van der Waals surface area contributed by atoms with Crippen molar-refractivity contribution in [2.75, 3.05) is 26.7 Å². The second-order valence-corrected chi connectivity index (χ2v) is 7.05. The molecule has 2 rings (SSSR count). The van der Waals surface area contributed by atoms with E-state index in [1.165, 1.54) is 17.5 Å². The number of thiophene rings is 1. The maximum Gasteiger partial charge on any atom is 0.349 e.